The number of nitrogens with one attached hydrogen (secondary N) is 2. The number of ether oxygens (including phenoxy) is 1. The molecule has 0 aliphatic rings. The van der Waals surface area contributed by atoms with Crippen LogP contribution in [0, 0.1) is 0 Å². The van der Waals surface area contributed by atoms with Crippen molar-refractivity contribution in [1.29, 1.82) is 0 Å². The molecule has 0 fully saturated rings. The SMILES string of the molecule is CC(C)(C)OC(=O)N[C@@H](Cc1ccccc1)[C@@H](O)[C@@H](O)[C@H](Br)CCCNC(=O)O. The van der Waals surface area contributed by atoms with Crippen LogP contribution in [0.15, 0.2) is 30.3 Å². The number of aliphatic hydroxyl groups is 2. The maximum Gasteiger partial charge on any atom is 0.407 e. The van der Waals surface area contributed by atoms with E-state index < -0.39 is 40.9 Å². The number of rotatable bonds is 10. The van der Waals surface area contributed by atoms with E-state index in [2.05, 4.69) is 26.6 Å². The van der Waals surface area contributed by atoms with Crippen molar-refractivity contribution in [2.75, 3.05) is 6.54 Å². The molecule has 0 radical (unpaired) electrons. The molecule has 1 aromatic rings. The third-order valence-corrected chi connectivity index (χ3v) is 5.07. The summed E-state index contributed by atoms with van der Waals surface area (Å²) >= 11 is 3.35. The molecule has 0 saturated carbocycles. The van der Waals surface area contributed by atoms with Crippen LogP contribution in [0.4, 0.5) is 9.59 Å². The molecule has 0 unspecified atom stereocenters. The van der Waals surface area contributed by atoms with Gasteiger partial charge in [-0.1, -0.05) is 46.3 Å². The quantitative estimate of drug-likeness (QED) is 0.262. The van der Waals surface area contributed by atoms with Gasteiger partial charge in [0, 0.05) is 11.4 Å². The molecule has 29 heavy (non-hydrogen) atoms. The van der Waals surface area contributed by atoms with Gasteiger partial charge < -0.3 is 30.7 Å². The Morgan fingerprint density at radius 1 is 1.14 bits per heavy atom. The van der Waals surface area contributed by atoms with Gasteiger partial charge >= 0.3 is 12.2 Å². The summed E-state index contributed by atoms with van der Waals surface area (Å²) in [5, 5.41) is 34.8. The van der Waals surface area contributed by atoms with Gasteiger partial charge in [0.05, 0.1) is 12.1 Å². The molecule has 2 amide bonds. The van der Waals surface area contributed by atoms with Crippen molar-refractivity contribution in [2.45, 2.75) is 68.7 Å². The summed E-state index contributed by atoms with van der Waals surface area (Å²) < 4.78 is 5.28. The van der Waals surface area contributed by atoms with E-state index >= 15 is 0 Å². The lowest BCUT2D eigenvalue weighted by Gasteiger charge is -2.31. The zero-order valence-electron chi connectivity index (χ0n) is 17.0. The van der Waals surface area contributed by atoms with Crippen LogP contribution in [0.1, 0.15) is 39.2 Å². The average Bonchev–Trinajstić information content (AvgIpc) is 2.62. The number of alkyl halides is 1. The van der Waals surface area contributed by atoms with Gasteiger partial charge in [0.25, 0.3) is 0 Å². The summed E-state index contributed by atoms with van der Waals surface area (Å²) in [5.41, 5.74) is 0.191. The van der Waals surface area contributed by atoms with Crippen molar-refractivity contribution in [3.8, 4) is 0 Å². The second-order valence-electron chi connectivity index (χ2n) is 7.81. The van der Waals surface area contributed by atoms with Gasteiger partial charge in [-0.05, 0) is 45.6 Å². The molecule has 5 N–H and O–H groups in total. The van der Waals surface area contributed by atoms with Crippen LogP contribution in [-0.2, 0) is 11.2 Å². The van der Waals surface area contributed by atoms with Crippen LogP contribution in [0.5, 0.6) is 0 Å². The van der Waals surface area contributed by atoms with Crippen LogP contribution in [-0.4, -0.2) is 62.7 Å². The number of carbonyl (C=O) groups excluding carboxylic acids is 1. The Hall–Kier alpha value is -1.84. The molecular weight excluding hydrogens is 444 g/mol. The number of hydrogen-bond acceptors (Lipinski definition) is 5. The van der Waals surface area contributed by atoms with Gasteiger partial charge in [-0.25, -0.2) is 9.59 Å². The first-order valence-corrected chi connectivity index (χ1v) is 10.4. The molecule has 0 bridgehead atoms. The number of benzene rings is 1. The predicted molar refractivity (Wildman–Crippen MR) is 113 cm³/mol. The Kier molecular flexibility index (Phi) is 10.4. The minimum atomic E-state index is -1.26. The summed E-state index contributed by atoms with van der Waals surface area (Å²) in [6, 6.07) is 8.53. The second kappa shape index (κ2) is 12.0. The fourth-order valence-electron chi connectivity index (χ4n) is 2.70. The number of halogens is 1. The molecule has 0 aliphatic heterocycles. The smallest absolute Gasteiger partial charge is 0.407 e. The van der Waals surface area contributed by atoms with E-state index in [9.17, 15) is 19.8 Å². The van der Waals surface area contributed by atoms with E-state index in [0.717, 1.165) is 5.56 Å². The molecule has 0 spiro atoms. The summed E-state index contributed by atoms with van der Waals surface area (Å²) in [5.74, 6) is 0. The van der Waals surface area contributed by atoms with E-state index in [1.165, 1.54) is 0 Å². The number of alkyl carbamates (subject to hydrolysis) is 1. The summed E-state index contributed by atoms with van der Waals surface area (Å²) in [7, 11) is 0. The number of carbonyl (C=O) groups is 2. The van der Waals surface area contributed by atoms with Crippen molar-refractivity contribution in [2.24, 2.45) is 0 Å². The van der Waals surface area contributed by atoms with E-state index in [4.69, 9.17) is 9.84 Å². The Balaban J connectivity index is 2.78. The summed E-state index contributed by atoms with van der Waals surface area (Å²) in [6.45, 7) is 5.46. The third kappa shape index (κ3) is 10.5. The molecule has 8 nitrogen and oxygen atoms in total. The average molecular weight is 475 g/mol. The zero-order chi connectivity index (χ0) is 22.0. The molecular formula is C20H31BrN2O6. The molecule has 1 aromatic carbocycles. The highest BCUT2D eigenvalue weighted by molar-refractivity contribution is 9.09. The van der Waals surface area contributed by atoms with Gasteiger partial charge in [0.2, 0.25) is 0 Å². The van der Waals surface area contributed by atoms with Crippen LogP contribution in [0.25, 0.3) is 0 Å². The van der Waals surface area contributed by atoms with Crippen LogP contribution >= 0.6 is 15.9 Å². The molecule has 0 saturated heterocycles. The van der Waals surface area contributed by atoms with E-state index in [0.29, 0.717) is 19.3 Å². The molecule has 4 atom stereocenters. The zero-order valence-corrected chi connectivity index (χ0v) is 18.6. The Labute approximate surface area is 179 Å². The molecule has 0 heterocycles. The Bertz CT molecular complexity index is 638. The Morgan fingerprint density at radius 3 is 2.31 bits per heavy atom. The van der Waals surface area contributed by atoms with Crippen molar-refractivity contribution in [3.63, 3.8) is 0 Å². The lowest BCUT2D eigenvalue weighted by Crippen LogP contribution is -2.52. The van der Waals surface area contributed by atoms with Gasteiger partial charge in [-0.15, -0.1) is 0 Å². The fraction of sp³-hybridized carbons (Fsp3) is 0.600. The van der Waals surface area contributed by atoms with Gasteiger partial charge in [0.15, 0.2) is 0 Å². The standard InChI is InChI=1S/C20H31BrN2O6/c1-20(2,3)29-19(28)23-15(12-13-8-5-4-6-9-13)17(25)16(24)14(21)10-7-11-22-18(26)27/h4-6,8-9,14-17,22,24-25H,7,10-12H2,1-3H3,(H,23,28)(H,26,27)/t14-,15+,16+,17-/m1/s1. The van der Waals surface area contributed by atoms with Gasteiger partial charge in [0.1, 0.15) is 11.7 Å². The highest BCUT2D eigenvalue weighted by atomic mass is 79.9. The van der Waals surface area contributed by atoms with Crippen LogP contribution in [0.3, 0.4) is 0 Å². The number of aliphatic hydroxyl groups excluding tert-OH is 2. The van der Waals surface area contributed by atoms with E-state index in [-0.39, 0.29) is 6.54 Å². The lowest BCUT2D eigenvalue weighted by molar-refractivity contribution is -0.00968. The molecule has 1 rings (SSSR count). The first kappa shape index (κ1) is 25.2. The van der Waals surface area contributed by atoms with Crippen molar-refractivity contribution in [3.05, 3.63) is 35.9 Å². The second-order valence-corrected chi connectivity index (χ2v) is 8.99. The maximum atomic E-state index is 12.2. The third-order valence-electron chi connectivity index (χ3n) is 4.07. The molecule has 0 aliphatic carbocycles. The summed E-state index contributed by atoms with van der Waals surface area (Å²) in [6.07, 6.45) is -3.01. The topological polar surface area (TPSA) is 128 Å². The summed E-state index contributed by atoms with van der Waals surface area (Å²) in [4.78, 5) is 22.2. The Morgan fingerprint density at radius 2 is 1.76 bits per heavy atom. The highest BCUT2D eigenvalue weighted by Gasteiger charge is 2.33. The van der Waals surface area contributed by atoms with E-state index in [1.807, 2.05) is 30.3 Å². The molecule has 9 heteroatoms. The maximum absolute atomic E-state index is 12.2. The number of amides is 2. The van der Waals surface area contributed by atoms with E-state index in [1.54, 1.807) is 20.8 Å². The molecule has 164 valence electrons. The highest BCUT2D eigenvalue weighted by Crippen LogP contribution is 2.19. The normalized spacial score (nSPS) is 15.7. The number of hydrogen-bond donors (Lipinski definition) is 5. The van der Waals surface area contributed by atoms with Crippen LogP contribution in [0.2, 0.25) is 0 Å². The van der Waals surface area contributed by atoms with Crippen molar-refractivity contribution >= 4 is 28.1 Å². The first-order chi connectivity index (χ1) is 13.5. The largest absolute Gasteiger partial charge is 0.465 e. The van der Waals surface area contributed by atoms with Gasteiger partial charge in [-0.3, -0.25) is 0 Å². The van der Waals surface area contributed by atoms with Crippen LogP contribution < -0.4 is 10.6 Å². The number of carboxylic acid groups (broad SMARTS) is 1. The molecule has 0 aromatic heterocycles. The van der Waals surface area contributed by atoms with Crippen molar-refractivity contribution < 1.29 is 29.6 Å². The minimum absolute atomic E-state index is 0.240. The predicted octanol–water partition coefficient (Wildman–Crippen LogP) is 2.66. The van der Waals surface area contributed by atoms with Gasteiger partial charge in [-0.2, -0.15) is 0 Å². The first-order valence-electron chi connectivity index (χ1n) is 9.50. The minimum Gasteiger partial charge on any atom is -0.465 e. The van der Waals surface area contributed by atoms with Crippen molar-refractivity contribution in [1.82, 2.24) is 10.6 Å². The monoisotopic (exact) mass is 474 g/mol. The fourth-order valence-corrected chi connectivity index (χ4v) is 3.34. The lowest BCUT2D eigenvalue weighted by atomic mass is 9.95.